The van der Waals surface area contributed by atoms with Gasteiger partial charge in [-0.15, -0.1) is 6.58 Å². The first-order chi connectivity index (χ1) is 8.76. The first kappa shape index (κ1) is 14.5. The van der Waals surface area contributed by atoms with Crippen LogP contribution in [0.25, 0.3) is 0 Å². The number of carbonyl (C=O) groups is 1. The number of hydrogen-bond acceptors (Lipinski definition) is 3. The Morgan fingerprint density at radius 1 is 1.39 bits per heavy atom. The standard InChI is InChI=1S/C13H21N3O2/c1-2-6-15-13(18)16-9-12-5-3-4-11(7-12)8-14-10-17/h2,11-12H,1,3-9H2,(H2,15,16,18). The summed E-state index contributed by atoms with van der Waals surface area (Å²) in [7, 11) is 0. The second-order valence-electron chi connectivity index (χ2n) is 4.71. The molecule has 1 aliphatic rings. The molecule has 0 aliphatic heterocycles. The molecule has 0 aromatic rings. The molecule has 0 saturated heterocycles. The highest BCUT2D eigenvalue weighted by molar-refractivity contribution is 5.73. The van der Waals surface area contributed by atoms with Gasteiger partial charge in [-0.1, -0.05) is 12.5 Å². The monoisotopic (exact) mass is 251 g/mol. The highest BCUT2D eigenvalue weighted by Crippen LogP contribution is 2.28. The summed E-state index contributed by atoms with van der Waals surface area (Å²) in [6.45, 7) is 5.27. The van der Waals surface area contributed by atoms with E-state index in [9.17, 15) is 9.59 Å². The van der Waals surface area contributed by atoms with Crippen LogP contribution in [0, 0.1) is 11.8 Å². The predicted molar refractivity (Wildman–Crippen MR) is 70.0 cm³/mol. The van der Waals surface area contributed by atoms with Crippen molar-refractivity contribution in [1.29, 1.82) is 0 Å². The predicted octanol–water partition coefficient (Wildman–Crippen LogP) is 1.61. The number of rotatable bonds is 6. The topological polar surface area (TPSA) is 70.6 Å². The van der Waals surface area contributed by atoms with Crippen molar-refractivity contribution in [3.8, 4) is 0 Å². The Kier molecular flexibility index (Phi) is 6.81. The van der Waals surface area contributed by atoms with Crippen LogP contribution in [0.3, 0.4) is 0 Å². The summed E-state index contributed by atoms with van der Waals surface area (Å²) in [6, 6.07) is -0.150. The fourth-order valence-corrected chi connectivity index (χ4v) is 2.38. The van der Waals surface area contributed by atoms with Crippen molar-refractivity contribution < 1.29 is 9.59 Å². The minimum absolute atomic E-state index is 0.150. The molecule has 2 amide bonds. The molecule has 2 atom stereocenters. The number of aliphatic imine (C=N–C) groups is 1. The van der Waals surface area contributed by atoms with Gasteiger partial charge in [0.15, 0.2) is 0 Å². The number of urea groups is 1. The van der Waals surface area contributed by atoms with E-state index in [-0.39, 0.29) is 6.03 Å². The van der Waals surface area contributed by atoms with Gasteiger partial charge in [0.2, 0.25) is 6.08 Å². The second kappa shape index (κ2) is 8.48. The van der Waals surface area contributed by atoms with Crippen molar-refractivity contribution in [2.75, 3.05) is 19.6 Å². The van der Waals surface area contributed by atoms with Gasteiger partial charge in [-0.3, -0.25) is 0 Å². The Bertz CT molecular complexity index is 324. The first-order valence-electron chi connectivity index (χ1n) is 6.42. The van der Waals surface area contributed by atoms with Crippen molar-refractivity contribution >= 4 is 12.1 Å². The summed E-state index contributed by atoms with van der Waals surface area (Å²) in [4.78, 5) is 25.1. The van der Waals surface area contributed by atoms with E-state index < -0.39 is 0 Å². The molecule has 0 heterocycles. The molecule has 5 heteroatoms. The van der Waals surface area contributed by atoms with Crippen LogP contribution in [0.4, 0.5) is 4.79 Å². The third-order valence-electron chi connectivity index (χ3n) is 3.26. The summed E-state index contributed by atoms with van der Waals surface area (Å²) in [6.07, 6.45) is 7.64. The Balaban J connectivity index is 2.23. The summed E-state index contributed by atoms with van der Waals surface area (Å²) in [5.74, 6) is 0.948. The number of hydrogen-bond donors (Lipinski definition) is 2. The molecule has 2 unspecified atom stereocenters. The molecule has 100 valence electrons. The molecule has 1 rings (SSSR count). The van der Waals surface area contributed by atoms with Gasteiger partial charge >= 0.3 is 6.03 Å². The Labute approximate surface area is 108 Å². The summed E-state index contributed by atoms with van der Waals surface area (Å²) in [5.41, 5.74) is 0. The van der Waals surface area contributed by atoms with Gasteiger partial charge in [0.25, 0.3) is 0 Å². The number of carbonyl (C=O) groups excluding carboxylic acids is 2. The maximum absolute atomic E-state index is 11.4. The van der Waals surface area contributed by atoms with Crippen LogP contribution in [0.2, 0.25) is 0 Å². The molecule has 1 aliphatic carbocycles. The average molecular weight is 251 g/mol. The summed E-state index contributed by atoms with van der Waals surface area (Å²) < 4.78 is 0. The van der Waals surface area contributed by atoms with Crippen LogP contribution in [-0.2, 0) is 4.79 Å². The van der Waals surface area contributed by atoms with Crippen LogP contribution in [-0.4, -0.2) is 31.7 Å². The van der Waals surface area contributed by atoms with Gasteiger partial charge in [0, 0.05) is 13.1 Å². The lowest BCUT2D eigenvalue weighted by molar-refractivity contribution is 0.230. The zero-order chi connectivity index (χ0) is 13.2. The second-order valence-corrected chi connectivity index (χ2v) is 4.71. The zero-order valence-corrected chi connectivity index (χ0v) is 10.7. The van der Waals surface area contributed by atoms with E-state index in [4.69, 9.17) is 0 Å². The van der Waals surface area contributed by atoms with Crippen molar-refractivity contribution in [3.63, 3.8) is 0 Å². The lowest BCUT2D eigenvalue weighted by Gasteiger charge is -2.28. The van der Waals surface area contributed by atoms with Crippen LogP contribution >= 0.6 is 0 Å². The first-order valence-corrected chi connectivity index (χ1v) is 6.42. The highest BCUT2D eigenvalue weighted by Gasteiger charge is 2.21. The molecule has 0 aromatic carbocycles. The maximum atomic E-state index is 11.4. The molecule has 2 N–H and O–H groups in total. The zero-order valence-electron chi connectivity index (χ0n) is 10.7. The minimum atomic E-state index is -0.150. The van der Waals surface area contributed by atoms with E-state index >= 15 is 0 Å². The quantitative estimate of drug-likeness (QED) is 0.428. The fourth-order valence-electron chi connectivity index (χ4n) is 2.38. The van der Waals surface area contributed by atoms with Gasteiger partial charge in [-0.05, 0) is 31.1 Å². The van der Waals surface area contributed by atoms with Crippen LogP contribution in [0.1, 0.15) is 25.7 Å². The molecular formula is C13H21N3O2. The lowest BCUT2D eigenvalue weighted by Crippen LogP contribution is -2.39. The van der Waals surface area contributed by atoms with Crippen molar-refractivity contribution in [3.05, 3.63) is 12.7 Å². The molecule has 0 spiro atoms. The normalized spacial score (nSPS) is 22.7. The minimum Gasteiger partial charge on any atom is -0.338 e. The Morgan fingerprint density at radius 3 is 2.89 bits per heavy atom. The Morgan fingerprint density at radius 2 is 2.17 bits per heavy atom. The van der Waals surface area contributed by atoms with Crippen LogP contribution in [0.5, 0.6) is 0 Å². The Hall–Kier alpha value is -1.61. The molecular weight excluding hydrogens is 230 g/mol. The lowest BCUT2D eigenvalue weighted by atomic mass is 9.81. The SMILES string of the molecule is C=CCNC(=O)NCC1CCCC(CN=C=O)C1. The van der Waals surface area contributed by atoms with Gasteiger partial charge in [-0.2, -0.15) is 0 Å². The van der Waals surface area contributed by atoms with E-state index in [1.54, 1.807) is 12.2 Å². The van der Waals surface area contributed by atoms with Crippen LogP contribution in [0.15, 0.2) is 17.6 Å². The molecule has 1 saturated carbocycles. The van der Waals surface area contributed by atoms with Gasteiger partial charge < -0.3 is 10.6 Å². The molecule has 0 radical (unpaired) electrons. The van der Waals surface area contributed by atoms with E-state index in [0.717, 1.165) is 25.7 Å². The van der Waals surface area contributed by atoms with Gasteiger partial charge in [0.1, 0.15) is 0 Å². The number of isocyanates is 1. The van der Waals surface area contributed by atoms with E-state index in [1.807, 2.05) is 0 Å². The van der Waals surface area contributed by atoms with Gasteiger partial charge in [0.05, 0.1) is 6.54 Å². The molecule has 18 heavy (non-hydrogen) atoms. The third kappa shape index (κ3) is 5.64. The highest BCUT2D eigenvalue weighted by atomic mass is 16.2. The molecule has 0 bridgehead atoms. The number of amides is 2. The van der Waals surface area contributed by atoms with Crippen molar-refractivity contribution in [2.45, 2.75) is 25.7 Å². The van der Waals surface area contributed by atoms with E-state index in [2.05, 4.69) is 22.2 Å². The van der Waals surface area contributed by atoms with E-state index in [0.29, 0.717) is 31.5 Å². The smallest absolute Gasteiger partial charge is 0.315 e. The van der Waals surface area contributed by atoms with Crippen molar-refractivity contribution in [1.82, 2.24) is 10.6 Å². The average Bonchev–Trinajstić information content (AvgIpc) is 2.41. The number of nitrogens with one attached hydrogen (secondary N) is 2. The molecule has 1 fully saturated rings. The van der Waals surface area contributed by atoms with E-state index in [1.165, 1.54) is 0 Å². The molecule has 0 aromatic heterocycles. The third-order valence-corrected chi connectivity index (χ3v) is 3.26. The summed E-state index contributed by atoms with van der Waals surface area (Å²) >= 11 is 0. The fraction of sp³-hybridized carbons (Fsp3) is 0.692. The number of nitrogens with zero attached hydrogens (tertiary/aromatic N) is 1. The molecule has 5 nitrogen and oxygen atoms in total. The maximum Gasteiger partial charge on any atom is 0.315 e. The largest absolute Gasteiger partial charge is 0.338 e. The van der Waals surface area contributed by atoms with Crippen LogP contribution < -0.4 is 10.6 Å². The van der Waals surface area contributed by atoms with Gasteiger partial charge in [-0.25, -0.2) is 14.6 Å². The van der Waals surface area contributed by atoms with Crippen molar-refractivity contribution in [2.24, 2.45) is 16.8 Å². The summed E-state index contributed by atoms with van der Waals surface area (Å²) in [5, 5.41) is 5.54.